The van der Waals surface area contributed by atoms with Gasteiger partial charge in [-0.1, -0.05) is 59.6 Å². The lowest BCUT2D eigenvalue weighted by Gasteiger charge is -2.17. The summed E-state index contributed by atoms with van der Waals surface area (Å²) in [5.41, 5.74) is -2.45. The molecule has 0 bridgehead atoms. The molecule has 1 aromatic heterocycles. The van der Waals surface area contributed by atoms with E-state index in [1.165, 1.54) is 28.8 Å². The largest absolute Gasteiger partial charge is 0.418 e. The Bertz CT molecular complexity index is 1550. The lowest BCUT2D eigenvalue weighted by molar-refractivity contribution is -0.137. The van der Waals surface area contributed by atoms with Crippen LogP contribution in [0.4, 0.5) is 18.9 Å². The van der Waals surface area contributed by atoms with Crippen LogP contribution in [-0.2, 0) is 24.1 Å². The van der Waals surface area contributed by atoms with E-state index < -0.39 is 41.0 Å². The highest BCUT2D eigenvalue weighted by atomic mass is 35.5. The van der Waals surface area contributed by atoms with E-state index in [9.17, 15) is 27.6 Å². The number of alkyl halides is 3. The first kappa shape index (κ1) is 24.6. The van der Waals surface area contributed by atoms with Gasteiger partial charge in [-0.25, -0.2) is 0 Å². The van der Waals surface area contributed by atoms with Crippen molar-refractivity contribution in [1.29, 1.82) is 0 Å². The molecule has 0 radical (unpaired) electrons. The molecule has 0 aliphatic rings. The van der Waals surface area contributed by atoms with Crippen LogP contribution in [0.2, 0.25) is 10.0 Å². The average molecular weight is 522 g/mol. The zero-order valence-corrected chi connectivity index (χ0v) is 19.3. The van der Waals surface area contributed by atoms with Crippen LogP contribution < -0.4 is 16.4 Å². The van der Waals surface area contributed by atoms with Crippen LogP contribution in [0.5, 0.6) is 0 Å². The Morgan fingerprint density at radius 2 is 1.54 bits per heavy atom. The smallest absolute Gasteiger partial charge is 0.323 e. The van der Waals surface area contributed by atoms with Gasteiger partial charge in [0.15, 0.2) is 0 Å². The molecule has 1 amide bonds. The Morgan fingerprint density at radius 1 is 0.857 bits per heavy atom. The Kier molecular flexibility index (Phi) is 6.73. The zero-order valence-electron chi connectivity index (χ0n) is 17.8. The Balaban J connectivity index is 1.77. The van der Waals surface area contributed by atoms with Gasteiger partial charge in [-0.2, -0.15) is 13.2 Å². The highest BCUT2D eigenvalue weighted by Gasteiger charge is 2.35. The van der Waals surface area contributed by atoms with Gasteiger partial charge in [0.2, 0.25) is 5.91 Å². The van der Waals surface area contributed by atoms with Crippen molar-refractivity contribution >= 4 is 45.8 Å². The van der Waals surface area contributed by atoms with Crippen LogP contribution >= 0.6 is 23.2 Å². The van der Waals surface area contributed by atoms with Crippen LogP contribution in [0, 0.1) is 0 Å². The number of carbonyl (C=O) groups is 1. The average Bonchev–Trinajstić information content (AvgIpc) is 2.81. The van der Waals surface area contributed by atoms with Crippen molar-refractivity contribution in [2.75, 3.05) is 5.32 Å². The van der Waals surface area contributed by atoms with E-state index in [-0.39, 0.29) is 22.1 Å². The van der Waals surface area contributed by atoms with Crippen molar-refractivity contribution in [3.05, 3.63) is 109 Å². The number of nitrogens with one attached hydrogen (secondary N) is 1. The highest BCUT2D eigenvalue weighted by molar-refractivity contribution is 6.34. The summed E-state index contributed by atoms with van der Waals surface area (Å²) < 4.78 is 42.3. The van der Waals surface area contributed by atoms with Gasteiger partial charge in [-0.05, 0) is 35.9 Å². The molecule has 0 spiro atoms. The molecular weight excluding hydrogens is 506 g/mol. The maximum atomic E-state index is 13.4. The Hall–Kier alpha value is -3.56. The van der Waals surface area contributed by atoms with Crippen LogP contribution in [0.25, 0.3) is 11.0 Å². The molecule has 0 saturated heterocycles. The van der Waals surface area contributed by atoms with Crippen LogP contribution in [-0.4, -0.2) is 15.0 Å². The molecule has 180 valence electrons. The molecule has 1 heterocycles. The van der Waals surface area contributed by atoms with Crippen molar-refractivity contribution in [3.63, 3.8) is 0 Å². The molecule has 0 atom stereocenters. The van der Waals surface area contributed by atoms with E-state index in [0.29, 0.717) is 5.52 Å². The summed E-state index contributed by atoms with van der Waals surface area (Å²) in [5.74, 6) is -0.979. The summed E-state index contributed by atoms with van der Waals surface area (Å²) in [6.07, 6.45) is -4.78. The maximum absolute atomic E-state index is 13.4. The minimum Gasteiger partial charge on any atom is -0.323 e. The summed E-state index contributed by atoms with van der Waals surface area (Å²) in [4.78, 5) is 38.7. The van der Waals surface area contributed by atoms with Gasteiger partial charge in [-0.3, -0.25) is 23.5 Å². The fourth-order valence-corrected chi connectivity index (χ4v) is 4.07. The van der Waals surface area contributed by atoms with Crippen molar-refractivity contribution in [3.8, 4) is 0 Å². The van der Waals surface area contributed by atoms with E-state index in [1.807, 2.05) is 6.07 Å². The third-order valence-electron chi connectivity index (χ3n) is 5.26. The SMILES string of the molecule is O=C(Cn1c(=O)c(=O)n(Cc2ccccc2)c2ccc(Cl)cc21)Nc1c(Cl)cccc1C(F)(F)F. The number of fused-ring (bicyclic) bond motifs is 1. The fraction of sp³-hybridized carbons (Fsp3) is 0.125. The van der Waals surface area contributed by atoms with Crippen molar-refractivity contribution in [2.24, 2.45) is 0 Å². The quantitative estimate of drug-likeness (QED) is 0.368. The van der Waals surface area contributed by atoms with Gasteiger partial charge in [-0.15, -0.1) is 0 Å². The number of benzene rings is 3. The third-order valence-corrected chi connectivity index (χ3v) is 5.81. The molecule has 0 fully saturated rings. The highest BCUT2D eigenvalue weighted by Crippen LogP contribution is 2.38. The number of amides is 1. The van der Waals surface area contributed by atoms with Gasteiger partial charge in [0.1, 0.15) is 6.54 Å². The van der Waals surface area contributed by atoms with E-state index in [1.54, 1.807) is 24.3 Å². The fourth-order valence-electron chi connectivity index (χ4n) is 3.68. The second kappa shape index (κ2) is 9.59. The maximum Gasteiger partial charge on any atom is 0.418 e. The third kappa shape index (κ3) is 5.11. The summed E-state index contributed by atoms with van der Waals surface area (Å²) in [6, 6.07) is 16.5. The number of carbonyl (C=O) groups excluding carboxylic acids is 1. The molecule has 35 heavy (non-hydrogen) atoms. The number of aromatic nitrogens is 2. The number of halogens is 5. The minimum absolute atomic E-state index is 0.0919. The molecule has 3 aromatic carbocycles. The number of hydrogen-bond donors (Lipinski definition) is 1. The van der Waals surface area contributed by atoms with Crippen molar-refractivity contribution in [2.45, 2.75) is 19.3 Å². The number of rotatable bonds is 5. The summed E-state index contributed by atoms with van der Waals surface area (Å²) in [5, 5.41) is 2.03. The van der Waals surface area contributed by atoms with Crippen molar-refractivity contribution < 1.29 is 18.0 Å². The molecule has 6 nitrogen and oxygen atoms in total. The predicted molar refractivity (Wildman–Crippen MR) is 128 cm³/mol. The van der Waals surface area contributed by atoms with Gasteiger partial charge < -0.3 is 5.32 Å². The first-order chi connectivity index (χ1) is 16.6. The summed E-state index contributed by atoms with van der Waals surface area (Å²) in [6.45, 7) is -0.645. The van der Waals surface area contributed by atoms with Gasteiger partial charge >= 0.3 is 17.3 Å². The van der Waals surface area contributed by atoms with E-state index >= 15 is 0 Å². The predicted octanol–water partition coefficient (Wildman–Crippen LogP) is 5.18. The van der Waals surface area contributed by atoms with E-state index in [4.69, 9.17) is 23.2 Å². The molecular formula is C24H16Cl2F3N3O3. The number of anilines is 1. The lowest BCUT2D eigenvalue weighted by atomic mass is 10.1. The monoisotopic (exact) mass is 521 g/mol. The second-order valence-electron chi connectivity index (χ2n) is 7.61. The molecule has 0 aliphatic carbocycles. The normalized spacial score (nSPS) is 11.6. The Labute approximate surface area is 206 Å². The molecule has 4 rings (SSSR count). The topological polar surface area (TPSA) is 73.1 Å². The first-order valence-electron chi connectivity index (χ1n) is 10.2. The van der Waals surface area contributed by atoms with E-state index in [0.717, 1.165) is 22.3 Å². The number of hydrogen-bond acceptors (Lipinski definition) is 3. The van der Waals surface area contributed by atoms with Gasteiger partial charge in [0.25, 0.3) is 0 Å². The molecule has 11 heteroatoms. The minimum atomic E-state index is -4.78. The standard InChI is InChI=1S/C24H16Cl2F3N3O3/c25-15-9-10-18-19(11-15)32(23(35)22(34)31(18)12-14-5-2-1-3-6-14)13-20(33)30-21-16(24(27,28)29)7-4-8-17(21)26/h1-11H,12-13H2,(H,30,33). The molecule has 1 N–H and O–H groups in total. The van der Waals surface area contributed by atoms with Crippen LogP contribution in [0.15, 0.2) is 76.3 Å². The molecule has 0 saturated carbocycles. The van der Waals surface area contributed by atoms with Crippen LogP contribution in [0.1, 0.15) is 11.1 Å². The lowest BCUT2D eigenvalue weighted by Crippen LogP contribution is -2.43. The van der Waals surface area contributed by atoms with Gasteiger partial charge in [0, 0.05) is 5.02 Å². The number of nitrogens with zero attached hydrogens (tertiary/aromatic N) is 2. The molecule has 0 aliphatic heterocycles. The summed E-state index contributed by atoms with van der Waals surface area (Å²) in [7, 11) is 0. The van der Waals surface area contributed by atoms with Crippen molar-refractivity contribution in [1.82, 2.24) is 9.13 Å². The summed E-state index contributed by atoms with van der Waals surface area (Å²) >= 11 is 12.0. The van der Waals surface area contributed by atoms with Gasteiger partial charge in [0.05, 0.1) is 33.9 Å². The molecule has 4 aromatic rings. The first-order valence-corrected chi connectivity index (χ1v) is 10.9. The zero-order chi connectivity index (χ0) is 25.3. The van der Waals surface area contributed by atoms with Crippen LogP contribution in [0.3, 0.4) is 0 Å². The number of para-hydroxylation sites is 1. The molecule has 0 unspecified atom stereocenters. The second-order valence-corrected chi connectivity index (χ2v) is 8.45. The van der Waals surface area contributed by atoms with E-state index in [2.05, 4.69) is 5.32 Å². The Morgan fingerprint density at radius 3 is 2.23 bits per heavy atom.